The lowest BCUT2D eigenvalue weighted by molar-refractivity contribution is 0.582. The summed E-state index contributed by atoms with van der Waals surface area (Å²) >= 11 is 0. The lowest BCUT2D eigenvalue weighted by atomic mass is 10.1. The molecular weight excluding hydrogens is 274 g/mol. The van der Waals surface area contributed by atoms with Crippen molar-refractivity contribution in [2.24, 2.45) is 0 Å². The molecule has 3 aromatic rings. The van der Waals surface area contributed by atoms with E-state index in [9.17, 15) is 8.78 Å². The van der Waals surface area contributed by atoms with Crippen LogP contribution in [0.4, 0.5) is 8.78 Å². The summed E-state index contributed by atoms with van der Waals surface area (Å²) in [7, 11) is 0. The molecular formula is C15H12F2N4. The van der Waals surface area contributed by atoms with Gasteiger partial charge in [0.2, 0.25) is 11.9 Å². The third-order valence-electron chi connectivity index (χ3n) is 3.16. The van der Waals surface area contributed by atoms with Crippen LogP contribution in [0.3, 0.4) is 0 Å². The Labute approximate surface area is 120 Å². The zero-order valence-electron chi connectivity index (χ0n) is 11.3. The van der Waals surface area contributed by atoms with Gasteiger partial charge in [-0.1, -0.05) is 6.92 Å². The molecule has 0 bridgehead atoms. The number of hydrogen-bond donors (Lipinski definition) is 0. The summed E-state index contributed by atoms with van der Waals surface area (Å²) in [6, 6.07) is 6.12. The highest BCUT2D eigenvalue weighted by atomic mass is 19.1. The predicted molar refractivity (Wildman–Crippen MR) is 73.9 cm³/mol. The topological polar surface area (TPSA) is 43.6 Å². The van der Waals surface area contributed by atoms with Gasteiger partial charge < -0.3 is 0 Å². The van der Waals surface area contributed by atoms with Crippen molar-refractivity contribution in [3.63, 3.8) is 0 Å². The minimum Gasteiger partial charge on any atom is -0.239 e. The molecule has 3 rings (SSSR count). The summed E-state index contributed by atoms with van der Waals surface area (Å²) in [4.78, 5) is 7.24. The largest absolute Gasteiger partial charge is 0.239 e. The van der Waals surface area contributed by atoms with E-state index in [0.717, 1.165) is 5.56 Å². The molecule has 0 aromatic carbocycles. The second kappa shape index (κ2) is 5.40. The summed E-state index contributed by atoms with van der Waals surface area (Å²) in [6.07, 6.45) is 5.26. The molecule has 0 spiro atoms. The number of pyridine rings is 2. The van der Waals surface area contributed by atoms with Crippen LogP contribution in [-0.4, -0.2) is 19.7 Å². The predicted octanol–water partition coefficient (Wildman–Crippen LogP) is 3.17. The first-order valence-corrected chi connectivity index (χ1v) is 6.50. The summed E-state index contributed by atoms with van der Waals surface area (Å²) in [5.41, 5.74) is 2.38. The van der Waals surface area contributed by atoms with E-state index in [4.69, 9.17) is 0 Å². The van der Waals surface area contributed by atoms with Gasteiger partial charge in [0.25, 0.3) is 0 Å². The van der Waals surface area contributed by atoms with Gasteiger partial charge in [0.05, 0.1) is 17.4 Å². The normalized spacial score (nSPS) is 10.8. The van der Waals surface area contributed by atoms with Crippen molar-refractivity contribution in [2.75, 3.05) is 0 Å². The van der Waals surface area contributed by atoms with Crippen molar-refractivity contribution in [2.45, 2.75) is 13.3 Å². The first kappa shape index (κ1) is 13.4. The van der Waals surface area contributed by atoms with Crippen LogP contribution in [-0.2, 0) is 6.42 Å². The van der Waals surface area contributed by atoms with E-state index in [-0.39, 0.29) is 0 Å². The van der Waals surface area contributed by atoms with Gasteiger partial charge in [0.1, 0.15) is 5.69 Å². The van der Waals surface area contributed by atoms with Gasteiger partial charge in [-0.15, -0.1) is 0 Å². The van der Waals surface area contributed by atoms with E-state index >= 15 is 0 Å². The number of nitrogens with zero attached hydrogens (tertiary/aromatic N) is 4. The fourth-order valence-electron chi connectivity index (χ4n) is 2.09. The maximum atomic E-state index is 13.8. The Morgan fingerprint density at radius 3 is 2.67 bits per heavy atom. The molecule has 21 heavy (non-hydrogen) atoms. The standard InChI is InChI=1S/C15H12F2N4/c1-2-10-9-21(11-5-6-13(16)19-8-11)20-14(10)12-4-3-7-18-15(12)17/h3-9H,2H2,1H3. The highest BCUT2D eigenvalue weighted by Gasteiger charge is 2.15. The van der Waals surface area contributed by atoms with Gasteiger partial charge in [-0.05, 0) is 36.2 Å². The van der Waals surface area contributed by atoms with Gasteiger partial charge in [-0.3, -0.25) is 0 Å². The molecule has 0 aliphatic rings. The molecule has 0 unspecified atom stereocenters. The molecule has 0 N–H and O–H groups in total. The molecule has 0 radical (unpaired) electrons. The van der Waals surface area contributed by atoms with Crippen LogP contribution in [0.1, 0.15) is 12.5 Å². The molecule has 0 saturated heterocycles. The fraction of sp³-hybridized carbons (Fsp3) is 0.133. The lowest BCUT2D eigenvalue weighted by Gasteiger charge is -2.01. The van der Waals surface area contributed by atoms with Gasteiger partial charge in [0.15, 0.2) is 0 Å². The average molecular weight is 286 g/mol. The molecule has 6 heteroatoms. The van der Waals surface area contributed by atoms with Crippen LogP contribution in [0.2, 0.25) is 0 Å². The van der Waals surface area contributed by atoms with E-state index in [2.05, 4.69) is 15.1 Å². The molecule has 0 fully saturated rings. The fourth-order valence-corrected chi connectivity index (χ4v) is 2.09. The molecule has 0 aliphatic carbocycles. The zero-order chi connectivity index (χ0) is 14.8. The summed E-state index contributed by atoms with van der Waals surface area (Å²) in [6.45, 7) is 1.96. The first-order chi connectivity index (χ1) is 10.2. The summed E-state index contributed by atoms with van der Waals surface area (Å²) in [5.74, 6) is -1.12. The SMILES string of the molecule is CCc1cn(-c2ccc(F)nc2)nc1-c1cccnc1F. The number of rotatable bonds is 3. The van der Waals surface area contributed by atoms with Crippen molar-refractivity contribution in [1.82, 2.24) is 19.7 Å². The van der Waals surface area contributed by atoms with Crippen molar-refractivity contribution < 1.29 is 8.78 Å². The highest BCUT2D eigenvalue weighted by Crippen LogP contribution is 2.25. The minimum absolute atomic E-state index is 0.350. The molecule has 0 aliphatic heterocycles. The van der Waals surface area contributed by atoms with Crippen LogP contribution >= 0.6 is 0 Å². The Morgan fingerprint density at radius 1 is 1.14 bits per heavy atom. The molecule has 106 valence electrons. The van der Waals surface area contributed by atoms with E-state index in [0.29, 0.717) is 23.4 Å². The first-order valence-electron chi connectivity index (χ1n) is 6.50. The maximum absolute atomic E-state index is 13.8. The zero-order valence-corrected chi connectivity index (χ0v) is 11.3. The minimum atomic E-state index is -0.560. The molecule has 0 atom stereocenters. The van der Waals surface area contributed by atoms with Crippen molar-refractivity contribution >= 4 is 0 Å². The second-order valence-corrected chi connectivity index (χ2v) is 4.48. The second-order valence-electron chi connectivity index (χ2n) is 4.48. The maximum Gasteiger partial charge on any atom is 0.222 e. The summed E-state index contributed by atoms with van der Waals surface area (Å²) in [5, 5.41) is 4.39. The van der Waals surface area contributed by atoms with Crippen LogP contribution in [0.5, 0.6) is 0 Å². The van der Waals surface area contributed by atoms with Crippen molar-refractivity contribution in [3.8, 4) is 16.9 Å². The Hall–Kier alpha value is -2.63. The Bertz CT molecular complexity index is 766. The Balaban J connectivity index is 2.11. The number of aryl methyl sites for hydroxylation is 1. The number of aromatic nitrogens is 4. The number of hydrogen-bond acceptors (Lipinski definition) is 3. The van der Waals surface area contributed by atoms with Crippen LogP contribution in [0.15, 0.2) is 42.9 Å². The Kier molecular flexibility index (Phi) is 3.43. The molecule has 0 saturated carbocycles. The van der Waals surface area contributed by atoms with E-state index in [1.807, 2.05) is 6.92 Å². The van der Waals surface area contributed by atoms with Crippen LogP contribution in [0, 0.1) is 11.9 Å². The van der Waals surface area contributed by atoms with Gasteiger partial charge in [-0.25, -0.2) is 14.6 Å². The lowest BCUT2D eigenvalue weighted by Crippen LogP contribution is -1.97. The third-order valence-corrected chi connectivity index (χ3v) is 3.16. The highest BCUT2D eigenvalue weighted by molar-refractivity contribution is 5.62. The van der Waals surface area contributed by atoms with E-state index in [1.165, 1.54) is 18.5 Å². The van der Waals surface area contributed by atoms with Crippen molar-refractivity contribution in [1.29, 1.82) is 0 Å². The van der Waals surface area contributed by atoms with Crippen molar-refractivity contribution in [3.05, 3.63) is 60.3 Å². The smallest absolute Gasteiger partial charge is 0.222 e. The quantitative estimate of drug-likeness (QED) is 0.695. The van der Waals surface area contributed by atoms with Gasteiger partial charge >= 0.3 is 0 Å². The van der Waals surface area contributed by atoms with Gasteiger partial charge in [0, 0.05) is 12.4 Å². The van der Waals surface area contributed by atoms with Gasteiger partial charge in [-0.2, -0.15) is 13.9 Å². The number of halogens is 2. The van der Waals surface area contributed by atoms with Crippen LogP contribution in [0.25, 0.3) is 16.9 Å². The van der Waals surface area contributed by atoms with E-state index < -0.39 is 11.9 Å². The van der Waals surface area contributed by atoms with E-state index in [1.54, 1.807) is 29.1 Å². The molecule has 4 nitrogen and oxygen atoms in total. The Morgan fingerprint density at radius 2 is 2.00 bits per heavy atom. The average Bonchev–Trinajstić information content (AvgIpc) is 2.92. The molecule has 0 amide bonds. The summed E-state index contributed by atoms with van der Waals surface area (Å²) < 4.78 is 28.3. The molecule has 3 aromatic heterocycles. The molecule has 3 heterocycles. The third kappa shape index (κ3) is 2.52. The monoisotopic (exact) mass is 286 g/mol. The van der Waals surface area contributed by atoms with Crippen LogP contribution < -0.4 is 0 Å².